The molecule has 0 aliphatic carbocycles. The van der Waals surface area contributed by atoms with Crippen LogP contribution in [0, 0.1) is 0 Å². The molecular formula is C19H29N3O4. The third-order valence-electron chi connectivity index (χ3n) is 5.20. The zero-order valence-corrected chi connectivity index (χ0v) is 15.5. The number of morpholine rings is 1. The number of piperidine rings is 1. The number of nitrogens with zero attached hydrogens (tertiary/aromatic N) is 2. The van der Waals surface area contributed by atoms with Gasteiger partial charge in [-0.05, 0) is 37.9 Å². The van der Waals surface area contributed by atoms with Crippen LogP contribution in [-0.2, 0) is 9.53 Å². The summed E-state index contributed by atoms with van der Waals surface area (Å²) in [6.07, 6.45) is 5.25. The van der Waals surface area contributed by atoms with E-state index in [0.29, 0.717) is 32.1 Å². The Hall–Kier alpha value is -1.86. The van der Waals surface area contributed by atoms with Crippen molar-refractivity contribution in [2.45, 2.75) is 44.7 Å². The van der Waals surface area contributed by atoms with Gasteiger partial charge in [0.2, 0.25) is 5.91 Å². The lowest BCUT2D eigenvalue weighted by atomic mass is 10.0. The number of hydrogen-bond donors (Lipinski definition) is 1. The van der Waals surface area contributed by atoms with E-state index in [9.17, 15) is 9.59 Å². The SMILES string of the molecule is CCCCN1CCOC[C@@H]1C(=O)NC1CCN(C(=O)c2ccco2)CC1. The highest BCUT2D eigenvalue weighted by Gasteiger charge is 2.32. The van der Waals surface area contributed by atoms with Crippen molar-refractivity contribution in [2.24, 2.45) is 0 Å². The molecule has 2 amide bonds. The molecule has 1 aromatic rings. The Morgan fingerprint density at radius 2 is 2.08 bits per heavy atom. The summed E-state index contributed by atoms with van der Waals surface area (Å²) in [5, 5.41) is 3.17. The first-order valence-electron chi connectivity index (χ1n) is 9.64. The second kappa shape index (κ2) is 9.19. The van der Waals surface area contributed by atoms with Gasteiger partial charge in [-0.25, -0.2) is 0 Å². The minimum Gasteiger partial charge on any atom is -0.459 e. The monoisotopic (exact) mass is 363 g/mol. The van der Waals surface area contributed by atoms with Gasteiger partial charge in [0.15, 0.2) is 5.76 Å². The summed E-state index contributed by atoms with van der Waals surface area (Å²) < 4.78 is 10.7. The van der Waals surface area contributed by atoms with Crippen molar-refractivity contribution < 1.29 is 18.7 Å². The van der Waals surface area contributed by atoms with Crippen molar-refractivity contribution in [2.75, 3.05) is 39.4 Å². The molecule has 2 saturated heterocycles. The van der Waals surface area contributed by atoms with Gasteiger partial charge in [-0.1, -0.05) is 13.3 Å². The van der Waals surface area contributed by atoms with Crippen LogP contribution in [0.15, 0.2) is 22.8 Å². The van der Waals surface area contributed by atoms with Crippen molar-refractivity contribution in [1.29, 1.82) is 0 Å². The number of likely N-dealkylation sites (tertiary alicyclic amines) is 1. The standard InChI is InChI=1S/C19H29N3O4/c1-2-3-8-21-11-13-25-14-16(21)18(23)20-15-6-9-22(10-7-15)19(24)17-5-4-12-26-17/h4-5,12,15-16H,2-3,6-11,13-14H2,1H3,(H,20,23)/t16-/m1/s1. The summed E-state index contributed by atoms with van der Waals surface area (Å²) >= 11 is 0. The molecule has 2 fully saturated rings. The highest BCUT2D eigenvalue weighted by Crippen LogP contribution is 2.16. The molecule has 1 N–H and O–H groups in total. The van der Waals surface area contributed by atoms with E-state index in [4.69, 9.17) is 9.15 Å². The lowest BCUT2D eigenvalue weighted by Gasteiger charge is -2.37. The first kappa shape index (κ1) is 18.9. The Morgan fingerprint density at radius 1 is 1.27 bits per heavy atom. The molecule has 0 aromatic carbocycles. The van der Waals surface area contributed by atoms with E-state index >= 15 is 0 Å². The molecule has 7 heteroatoms. The summed E-state index contributed by atoms with van der Waals surface area (Å²) in [7, 11) is 0. The Morgan fingerprint density at radius 3 is 2.77 bits per heavy atom. The van der Waals surface area contributed by atoms with Crippen LogP contribution in [0.25, 0.3) is 0 Å². The number of hydrogen-bond acceptors (Lipinski definition) is 5. The van der Waals surface area contributed by atoms with Crippen LogP contribution >= 0.6 is 0 Å². The number of nitrogens with one attached hydrogen (secondary N) is 1. The number of rotatable bonds is 6. The molecular weight excluding hydrogens is 334 g/mol. The highest BCUT2D eigenvalue weighted by atomic mass is 16.5. The predicted octanol–water partition coefficient (Wildman–Crippen LogP) is 1.50. The number of amides is 2. The van der Waals surface area contributed by atoms with E-state index in [-0.39, 0.29) is 23.9 Å². The molecule has 2 aliphatic rings. The number of ether oxygens (including phenoxy) is 1. The van der Waals surface area contributed by atoms with E-state index in [0.717, 1.165) is 38.8 Å². The van der Waals surface area contributed by atoms with Crippen LogP contribution in [-0.4, -0.2) is 73.1 Å². The lowest BCUT2D eigenvalue weighted by Crippen LogP contribution is -2.56. The predicted molar refractivity (Wildman–Crippen MR) is 96.9 cm³/mol. The Balaban J connectivity index is 1.47. The zero-order chi connectivity index (χ0) is 18.4. The average molecular weight is 363 g/mol. The molecule has 0 saturated carbocycles. The van der Waals surface area contributed by atoms with Crippen LogP contribution in [0.3, 0.4) is 0 Å². The summed E-state index contributed by atoms with van der Waals surface area (Å²) in [6.45, 7) is 6.33. The van der Waals surface area contributed by atoms with Crippen LogP contribution in [0.2, 0.25) is 0 Å². The van der Waals surface area contributed by atoms with Crippen molar-refractivity contribution in [3.63, 3.8) is 0 Å². The van der Waals surface area contributed by atoms with Gasteiger partial charge >= 0.3 is 0 Å². The van der Waals surface area contributed by atoms with Gasteiger partial charge in [-0.3, -0.25) is 14.5 Å². The molecule has 3 rings (SSSR count). The van der Waals surface area contributed by atoms with E-state index < -0.39 is 0 Å². The maximum Gasteiger partial charge on any atom is 0.289 e. The maximum absolute atomic E-state index is 12.7. The fraction of sp³-hybridized carbons (Fsp3) is 0.684. The van der Waals surface area contributed by atoms with Gasteiger partial charge in [0.25, 0.3) is 5.91 Å². The van der Waals surface area contributed by atoms with E-state index in [1.807, 2.05) is 0 Å². The number of carbonyl (C=O) groups excluding carboxylic acids is 2. The minimum atomic E-state index is -0.196. The van der Waals surface area contributed by atoms with Crippen molar-refractivity contribution in [3.8, 4) is 0 Å². The molecule has 144 valence electrons. The third kappa shape index (κ3) is 4.65. The van der Waals surface area contributed by atoms with Gasteiger partial charge in [-0.15, -0.1) is 0 Å². The van der Waals surface area contributed by atoms with E-state index in [2.05, 4.69) is 17.1 Å². The van der Waals surface area contributed by atoms with Gasteiger partial charge < -0.3 is 19.4 Å². The van der Waals surface area contributed by atoms with Gasteiger partial charge in [0.1, 0.15) is 6.04 Å². The first-order chi connectivity index (χ1) is 12.7. The summed E-state index contributed by atoms with van der Waals surface area (Å²) in [6, 6.07) is 3.32. The van der Waals surface area contributed by atoms with Crippen LogP contribution in [0.1, 0.15) is 43.2 Å². The van der Waals surface area contributed by atoms with Crippen LogP contribution in [0.4, 0.5) is 0 Å². The normalized spacial score (nSPS) is 22.3. The molecule has 0 bridgehead atoms. The van der Waals surface area contributed by atoms with Crippen molar-refractivity contribution >= 4 is 11.8 Å². The second-order valence-corrected chi connectivity index (χ2v) is 7.03. The molecule has 1 atom stereocenters. The largest absolute Gasteiger partial charge is 0.459 e. The summed E-state index contributed by atoms with van der Waals surface area (Å²) in [4.78, 5) is 29.0. The fourth-order valence-corrected chi connectivity index (χ4v) is 3.59. The Kier molecular flexibility index (Phi) is 6.68. The van der Waals surface area contributed by atoms with Crippen LogP contribution < -0.4 is 5.32 Å². The maximum atomic E-state index is 12.7. The van der Waals surface area contributed by atoms with Gasteiger partial charge in [0.05, 0.1) is 19.5 Å². The quantitative estimate of drug-likeness (QED) is 0.829. The molecule has 0 radical (unpaired) electrons. The topological polar surface area (TPSA) is 75.0 Å². The van der Waals surface area contributed by atoms with Crippen molar-refractivity contribution in [3.05, 3.63) is 24.2 Å². The molecule has 1 aromatic heterocycles. The zero-order valence-electron chi connectivity index (χ0n) is 15.5. The van der Waals surface area contributed by atoms with Gasteiger partial charge in [-0.2, -0.15) is 0 Å². The fourth-order valence-electron chi connectivity index (χ4n) is 3.59. The smallest absolute Gasteiger partial charge is 0.289 e. The van der Waals surface area contributed by atoms with Gasteiger partial charge in [0, 0.05) is 25.7 Å². The molecule has 0 spiro atoms. The Labute approximate surface area is 154 Å². The summed E-state index contributed by atoms with van der Waals surface area (Å²) in [5.41, 5.74) is 0. The molecule has 7 nitrogen and oxygen atoms in total. The molecule has 2 aliphatic heterocycles. The number of unbranched alkanes of at least 4 members (excludes halogenated alkanes) is 1. The number of furan rings is 1. The first-order valence-corrected chi connectivity index (χ1v) is 9.64. The molecule has 0 unspecified atom stereocenters. The third-order valence-corrected chi connectivity index (χ3v) is 5.20. The lowest BCUT2D eigenvalue weighted by molar-refractivity contribution is -0.133. The highest BCUT2D eigenvalue weighted by molar-refractivity contribution is 5.91. The average Bonchev–Trinajstić information content (AvgIpc) is 3.21. The van der Waals surface area contributed by atoms with Crippen molar-refractivity contribution in [1.82, 2.24) is 15.1 Å². The van der Waals surface area contributed by atoms with Crippen LogP contribution in [0.5, 0.6) is 0 Å². The van der Waals surface area contributed by atoms with E-state index in [1.54, 1.807) is 17.0 Å². The molecule has 3 heterocycles. The summed E-state index contributed by atoms with van der Waals surface area (Å²) in [5.74, 6) is 0.348. The second-order valence-electron chi connectivity index (χ2n) is 7.03. The van der Waals surface area contributed by atoms with E-state index in [1.165, 1.54) is 6.26 Å². The minimum absolute atomic E-state index is 0.0524. The number of carbonyl (C=O) groups is 2. The molecule has 26 heavy (non-hydrogen) atoms. The Bertz CT molecular complexity index is 582.